The van der Waals surface area contributed by atoms with Crippen molar-refractivity contribution in [1.29, 1.82) is 0 Å². The van der Waals surface area contributed by atoms with Crippen LogP contribution in [0.4, 0.5) is 0 Å². The van der Waals surface area contributed by atoms with Crippen molar-refractivity contribution in [3.05, 3.63) is 22.2 Å². The molecule has 0 aromatic heterocycles. The molecule has 6 nitrogen and oxygen atoms in total. The summed E-state index contributed by atoms with van der Waals surface area (Å²) in [5, 5.41) is 8.97. The number of benzene rings is 1. The van der Waals surface area contributed by atoms with Gasteiger partial charge in [-0.2, -0.15) is 0 Å². The maximum Gasteiger partial charge on any atom is 0.335 e. The third kappa shape index (κ3) is 3.85. The Balaban J connectivity index is 3.21. The number of ether oxygens (including phenoxy) is 2. The van der Waals surface area contributed by atoms with E-state index < -0.39 is 18.0 Å². The number of nitrogens with two attached hydrogens (primary N) is 1. The van der Waals surface area contributed by atoms with Crippen LogP contribution < -0.4 is 15.2 Å². The van der Waals surface area contributed by atoms with Crippen molar-refractivity contribution in [2.45, 2.75) is 20.0 Å². The highest BCUT2D eigenvalue weighted by atomic mass is 79.9. The summed E-state index contributed by atoms with van der Waals surface area (Å²) in [6.45, 7) is 3.58. The summed E-state index contributed by atoms with van der Waals surface area (Å²) in [6.07, 6.45) is -0.855. The van der Waals surface area contributed by atoms with E-state index in [2.05, 4.69) is 15.9 Å². The molecule has 104 valence electrons. The Labute approximate surface area is 118 Å². The number of primary amides is 1. The topological polar surface area (TPSA) is 98.8 Å². The van der Waals surface area contributed by atoms with Gasteiger partial charge < -0.3 is 20.3 Å². The largest absolute Gasteiger partial charge is 0.490 e. The quantitative estimate of drug-likeness (QED) is 0.828. The second kappa shape index (κ2) is 6.42. The average molecular weight is 332 g/mol. The van der Waals surface area contributed by atoms with Gasteiger partial charge in [-0.15, -0.1) is 0 Å². The van der Waals surface area contributed by atoms with Gasteiger partial charge in [0.25, 0.3) is 5.91 Å². The number of carbonyl (C=O) groups excluding carboxylic acids is 1. The fraction of sp³-hybridized carbons (Fsp3) is 0.333. The Morgan fingerprint density at radius 3 is 2.58 bits per heavy atom. The van der Waals surface area contributed by atoms with E-state index in [1.54, 1.807) is 6.92 Å². The fourth-order valence-electron chi connectivity index (χ4n) is 1.30. The van der Waals surface area contributed by atoms with Crippen LogP contribution in [0.25, 0.3) is 0 Å². The number of hydrogen-bond acceptors (Lipinski definition) is 4. The molecule has 0 radical (unpaired) electrons. The zero-order valence-corrected chi connectivity index (χ0v) is 12.1. The van der Waals surface area contributed by atoms with Gasteiger partial charge >= 0.3 is 5.97 Å². The standard InChI is InChI=1S/C12H14BrNO5/c1-3-18-9-5-7(12(16)17)4-8(13)10(9)19-6(2)11(14)15/h4-6H,3H2,1-2H3,(H2,14,15)(H,16,17). The van der Waals surface area contributed by atoms with Gasteiger partial charge in [0, 0.05) is 0 Å². The first-order chi connectivity index (χ1) is 8.86. The highest BCUT2D eigenvalue weighted by Gasteiger charge is 2.19. The van der Waals surface area contributed by atoms with Crippen LogP contribution in [0.5, 0.6) is 11.5 Å². The summed E-state index contributed by atoms with van der Waals surface area (Å²) in [5.41, 5.74) is 5.17. The molecule has 0 fully saturated rings. The first-order valence-corrected chi connectivity index (χ1v) is 6.31. The number of carbonyl (C=O) groups is 2. The smallest absolute Gasteiger partial charge is 0.335 e. The number of aromatic carboxylic acids is 1. The maximum absolute atomic E-state index is 11.0. The summed E-state index contributed by atoms with van der Waals surface area (Å²) >= 11 is 3.19. The van der Waals surface area contributed by atoms with Crippen LogP contribution in [-0.2, 0) is 4.79 Å². The summed E-state index contributed by atoms with van der Waals surface area (Å²) in [7, 11) is 0. The highest BCUT2D eigenvalue weighted by Crippen LogP contribution is 2.37. The molecule has 7 heteroatoms. The monoisotopic (exact) mass is 331 g/mol. The SMILES string of the molecule is CCOc1cc(C(=O)O)cc(Br)c1OC(C)C(N)=O. The number of carboxylic acid groups (broad SMARTS) is 1. The number of rotatable bonds is 6. The molecule has 0 aliphatic rings. The molecule has 0 bridgehead atoms. The van der Waals surface area contributed by atoms with Crippen LogP contribution in [0.1, 0.15) is 24.2 Å². The number of amides is 1. The minimum Gasteiger partial charge on any atom is -0.490 e. The number of hydrogen-bond donors (Lipinski definition) is 2. The predicted molar refractivity (Wildman–Crippen MR) is 71.6 cm³/mol. The highest BCUT2D eigenvalue weighted by molar-refractivity contribution is 9.10. The van der Waals surface area contributed by atoms with Crippen molar-refractivity contribution < 1.29 is 24.2 Å². The van der Waals surface area contributed by atoms with E-state index in [1.165, 1.54) is 19.1 Å². The molecule has 0 spiro atoms. The van der Waals surface area contributed by atoms with Gasteiger partial charge in [0.15, 0.2) is 17.6 Å². The van der Waals surface area contributed by atoms with Crippen molar-refractivity contribution in [3.63, 3.8) is 0 Å². The molecular formula is C12H14BrNO5. The van der Waals surface area contributed by atoms with Gasteiger partial charge in [-0.1, -0.05) is 0 Å². The second-order valence-electron chi connectivity index (χ2n) is 3.69. The van der Waals surface area contributed by atoms with Gasteiger partial charge in [0.1, 0.15) is 0 Å². The molecule has 1 rings (SSSR count). The van der Waals surface area contributed by atoms with E-state index in [0.717, 1.165) is 0 Å². The fourth-order valence-corrected chi connectivity index (χ4v) is 1.84. The van der Waals surface area contributed by atoms with E-state index in [4.69, 9.17) is 20.3 Å². The van der Waals surface area contributed by atoms with E-state index in [1.807, 2.05) is 0 Å². The van der Waals surface area contributed by atoms with Gasteiger partial charge in [0.2, 0.25) is 0 Å². The lowest BCUT2D eigenvalue weighted by atomic mass is 10.2. The first kappa shape index (κ1) is 15.3. The first-order valence-electron chi connectivity index (χ1n) is 5.52. The van der Waals surface area contributed by atoms with Crippen molar-refractivity contribution in [3.8, 4) is 11.5 Å². The zero-order valence-electron chi connectivity index (χ0n) is 10.5. The van der Waals surface area contributed by atoms with Gasteiger partial charge in [0.05, 0.1) is 16.6 Å². The molecular weight excluding hydrogens is 318 g/mol. The molecule has 0 heterocycles. The summed E-state index contributed by atoms with van der Waals surface area (Å²) < 4.78 is 11.1. The molecule has 1 aromatic rings. The molecule has 19 heavy (non-hydrogen) atoms. The molecule has 3 N–H and O–H groups in total. The third-order valence-electron chi connectivity index (χ3n) is 2.25. The van der Waals surface area contributed by atoms with Crippen LogP contribution in [-0.4, -0.2) is 29.7 Å². The summed E-state index contributed by atoms with van der Waals surface area (Å²) in [4.78, 5) is 22.0. The predicted octanol–water partition coefficient (Wildman–Crippen LogP) is 1.80. The molecule has 0 aliphatic heterocycles. The van der Waals surface area contributed by atoms with Gasteiger partial charge in [-0.3, -0.25) is 4.79 Å². The van der Waals surface area contributed by atoms with E-state index in [-0.39, 0.29) is 17.1 Å². The molecule has 1 amide bonds. The second-order valence-corrected chi connectivity index (χ2v) is 4.54. The van der Waals surface area contributed by atoms with Crippen LogP contribution >= 0.6 is 15.9 Å². The molecule has 0 aliphatic carbocycles. The normalized spacial score (nSPS) is 11.7. The van der Waals surface area contributed by atoms with Crippen molar-refractivity contribution in [2.75, 3.05) is 6.61 Å². The Morgan fingerprint density at radius 2 is 2.11 bits per heavy atom. The van der Waals surface area contributed by atoms with Crippen molar-refractivity contribution >= 4 is 27.8 Å². The number of halogens is 1. The minimum absolute atomic E-state index is 0.0504. The summed E-state index contributed by atoms with van der Waals surface area (Å²) in [5.74, 6) is -1.23. The van der Waals surface area contributed by atoms with Gasteiger partial charge in [-0.25, -0.2) is 4.79 Å². The Hall–Kier alpha value is -1.76. The Kier molecular flexibility index (Phi) is 5.17. The lowest BCUT2D eigenvalue weighted by Crippen LogP contribution is -2.31. The average Bonchev–Trinajstić information content (AvgIpc) is 2.32. The van der Waals surface area contributed by atoms with Crippen LogP contribution in [0.2, 0.25) is 0 Å². The van der Waals surface area contributed by atoms with Gasteiger partial charge in [-0.05, 0) is 41.9 Å². The molecule has 1 atom stereocenters. The molecule has 1 aromatic carbocycles. The molecule has 1 unspecified atom stereocenters. The Morgan fingerprint density at radius 1 is 1.47 bits per heavy atom. The number of carboxylic acids is 1. The molecule has 0 saturated carbocycles. The lowest BCUT2D eigenvalue weighted by Gasteiger charge is -2.17. The lowest BCUT2D eigenvalue weighted by molar-refractivity contribution is -0.124. The Bertz CT molecular complexity index is 503. The van der Waals surface area contributed by atoms with E-state index >= 15 is 0 Å². The van der Waals surface area contributed by atoms with Crippen LogP contribution in [0, 0.1) is 0 Å². The summed E-state index contributed by atoms with van der Waals surface area (Å²) in [6, 6.07) is 2.70. The van der Waals surface area contributed by atoms with Crippen molar-refractivity contribution in [2.24, 2.45) is 5.73 Å². The third-order valence-corrected chi connectivity index (χ3v) is 2.84. The maximum atomic E-state index is 11.0. The van der Waals surface area contributed by atoms with E-state index in [0.29, 0.717) is 11.1 Å². The minimum atomic E-state index is -1.09. The van der Waals surface area contributed by atoms with Crippen LogP contribution in [0.15, 0.2) is 16.6 Å². The zero-order chi connectivity index (χ0) is 14.6. The van der Waals surface area contributed by atoms with Crippen molar-refractivity contribution in [1.82, 2.24) is 0 Å². The molecule has 0 saturated heterocycles. The van der Waals surface area contributed by atoms with Crippen LogP contribution in [0.3, 0.4) is 0 Å². The van der Waals surface area contributed by atoms with E-state index in [9.17, 15) is 9.59 Å².